The molecule has 0 atom stereocenters. The summed E-state index contributed by atoms with van der Waals surface area (Å²) < 4.78 is 5.18. The van der Waals surface area contributed by atoms with E-state index in [-0.39, 0.29) is 30.0 Å². The van der Waals surface area contributed by atoms with Crippen LogP contribution >= 0.6 is 0 Å². The van der Waals surface area contributed by atoms with Gasteiger partial charge in [-0.2, -0.15) is 0 Å². The molecule has 4 aromatic rings. The number of ether oxygens (including phenoxy) is 1. The third kappa shape index (κ3) is 7.68. The van der Waals surface area contributed by atoms with Crippen molar-refractivity contribution >= 4 is 29.4 Å². The minimum Gasteiger partial charge on any atom is -0.497 e. The average molecular weight is 540 g/mol. The van der Waals surface area contributed by atoms with Gasteiger partial charge in [-0.15, -0.1) is 0 Å². The summed E-state index contributed by atoms with van der Waals surface area (Å²) in [4.78, 5) is 61.1. The molecule has 0 spiro atoms. The highest BCUT2D eigenvalue weighted by molar-refractivity contribution is 6.07. The molecular formula is C28H25N7O5. The van der Waals surface area contributed by atoms with Crippen molar-refractivity contribution in [3.05, 3.63) is 114 Å². The summed E-state index contributed by atoms with van der Waals surface area (Å²) in [7, 11) is 1.56. The Labute approximate surface area is 229 Å². The summed E-state index contributed by atoms with van der Waals surface area (Å²) >= 11 is 0. The van der Waals surface area contributed by atoms with Gasteiger partial charge in [0.25, 0.3) is 17.7 Å². The number of methoxy groups -OCH3 is 1. The maximum atomic E-state index is 12.6. The maximum Gasteiger partial charge on any atom is 0.326 e. The Morgan fingerprint density at radius 3 is 2.12 bits per heavy atom. The van der Waals surface area contributed by atoms with E-state index < -0.39 is 23.8 Å². The predicted molar refractivity (Wildman–Crippen MR) is 145 cm³/mol. The Kier molecular flexibility index (Phi) is 9.06. The Morgan fingerprint density at radius 2 is 1.48 bits per heavy atom. The number of hydrogen-bond acceptors (Lipinski definition) is 8. The predicted octanol–water partition coefficient (Wildman–Crippen LogP) is 2.70. The summed E-state index contributed by atoms with van der Waals surface area (Å²) in [5.41, 5.74) is 2.39. The van der Waals surface area contributed by atoms with E-state index in [0.717, 1.165) is 17.5 Å². The van der Waals surface area contributed by atoms with Crippen LogP contribution in [-0.4, -0.2) is 45.8 Å². The molecule has 2 aromatic heterocycles. The lowest BCUT2D eigenvalue weighted by Crippen LogP contribution is -2.34. The largest absolute Gasteiger partial charge is 0.497 e. The molecule has 0 fully saturated rings. The summed E-state index contributed by atoms with van der Waals surface area (Å²) in [6, 6.07) is 17.7. The molecule has 2 aromatic carbocycles. The zero-order valence-corrected chi connectivity index (χ0v) is 21.4. The first-order valence-corrected chi connectivity index (χ1v) is 12.0. The second kappa shape index (κ2) is 13.2. The van der Waals surface area contributed by atoms with Crippen molar-refractivity contribution in [2.24, 2.45) is 0 Å². The quantitative estimate of drug-likeness (QED) is 0.252. The molecule has 12 nitrogen and oxygen atoms in total. The third-order valence-electron chi connectivity index (χ3n) is 5.54. The highest BCUT2D eigenvalue weighted by atomic mass is 16.5. The normalized spacial score (nSPS) is 10.2. The molecule has 0 aliphatic carbocycles. The minimum atomic E-state index is -0.693. The van der Waals surface area contributed by atoms with Gasteiger partial charge < -0.3 is 20.7 Å². The fraction of sp³-hybridized carbons (Fsp3) is 0.107. The van der Waals surface area contributed by atoms with Crippen LogP contribution in [0.1, 0.15) is 42.5 Å². The van der Waals surface area contributed by atoms with E-state index in [1.807, 2.05) is 12.1 Å². The van der Waals surface area contributed by atoms with Crippen molar-refractivity contribution in [3.8, 4) is 5.75 Å². The summed E-state index contributed by atoms with van der Waals surface area (Å²) in [5.74, 6) is -0.835. The number of pyridine rings is 1. The van der Waals surface area contributed by atoms with Crippen LogP contribution < -0.4 is 26.0 Å². The number of hydrogen-bond donors (Lipinski definition) is 4. The van der Waals surface area contributed by atoms with Crippen LogP contribution in [0.2, 0.25) is 0 Å². The Morgan fingerprint density at radius 1 is 0.775 bits per heavy atom. The van der Waals surface area contributed by atoms with Crippen LogP contribution in [-0.2, 0) is 13.1 Å². The van der Waals surface area contributed by atoms with E-state index in [0.29, 0.717) is 11.4 Å². The highest BCUT2D eigenvalue weighted by Gasteiger charge is 2.14. The second-order valence-corrected chi connectivity index (χ2v) is 8.35. The number of imide groups is 1. The number of aromatic nitrogens is 3. The summed E-state index contributed by atoms with van der Waals surface area (Å²) in [5, 5.41) is 10.3. The SMILES string of the molecule is COc1cccc(CNC(=O)c2cc(C(=O)NCc3ccc(NC(=O)NC(=O)c4cccnc4)cc3)ncn2)c1. The van der Waals surface area contributed by atoms with E-state index in [9.17, 15) is 19.2 Å². The van der Waals surface area contributed by atoms with Gasteiger partial charge in [0.15, 0.2) is 0 Å². The molecule has 4 N–H and O–H groups in total. The molecule has 202 valence electrons. The molecule has 4 rings (SSSR count). The number of anilines is 1. The van der Waals surface area contributed by atoms with Crippen LogP contribution in [0.25, 0.3) is 0 Å². The zero-order chi connectivity index (χ0) is 28.3. The van der Waals surface area contributed by atoms with E-state index in [1.54, 1.807) is 55.6 Å². The lowest BCUT2D eigenvalue weighted by molar-refractivity contribution is 0.0939. The van der Waals surface area contributed by atoms with Gasteiger partial charge >= 0.3 is 6.03 Å². The first-order valence-electron chi connectivity index (χ1n) is 12.0. The fourth-order valence-corrected chi connectivity index (χ4v) is 3.47. The monoisotopic (exact) mass is 539 g/mol. The summed E-state index contributed by atoms with van der Waals surface area (Å²) in [6.07, 6.45) is 4.03. The van der Waals surface area contributed by atoms with E-state index in [1.165, 1.54) is 18.5 Å². The molecule has 2 heterocycles. The first-order chi connectivity index (χ1) is 19.4. The summed E-state index contributed by atoms with van der Waals surface area (Å²) in [6.45, 7) is 0.432. The van der Waals surface area contributed by atoms with Crippen LogP contribution in [0.4, 0.5) is 10.5 Å². The molecule has 12 heteroatoms. The molecular weight excluding hydrogens is 514 g/mol. The lowest BCUT2D eigenvalue weighted by atomic mass is 10.2. The topological polar surface area (TPSA) is 164 Å². The Hall–Kier alpha value is -5.65. The van der Waals surface area contributed by atoms with Gasteiger partial charge in [0.05, 0.1) is 12.7 Å². The number of nitrogens with one attached hydrogen (secondary N) is 4. The van der Waals surface area contributed by atoms with E-state index in [2.05, 4.69) is 36.2 Å². The van der Waals surface area contributed by atoms with Gasteiger partial charge in [-0.25, -0.2) is 14.8 Å². The van der Waals surface area contributed by atoms with Crippen LogP contribution in [0.5, 0.6) is 5.75 Å². The van der Waals surface area contributed by atoms with E-state index in [4.69, 9.17) is 4.74 Å². The molecule has 0 saturated carbocycles. The molecule has 5 amide bonds. The Bertz CT molecular complexity index is 1510. The number of urea groups is 1. The smallest absolute Gasteiger partial charge is 0.326 e. The van der Waals surface area contributed by atoms with Gasteiger partial charge in [0.2, 0.25) is 0 Å². The molecule has 0 bridgehead atoms. The maximum absolute atomic E-state index is 12.6. The number of nitrogens with zero attached hydrogens (tertiary/aromatic N) is 3. The average Bonchev–Trinajstić information content (AvgIpc) is 2.99. The fourth-order valence-electron chi connectivity index (χ4n) is 3.47. The van der Waals surface area contributed by atoms with Crippen molar-refractivity contribution in [1.82, 2.24) is 30.9 Å². The number of amides is 5. The number of carbonyl (C=O) groups is 4. The van der Waals surface area contributed by atoms with Gasteiger partial charge in [-0.3, -0.25) is 24.7 Å². The van der Waals surface area contributed by atoms with Crippen LogP contribution in [0, 0.1) is 0 Å². The second-order valence-electron chi connectivity index (χ2n) is 8.35. The number of rotatable bonds is 9. The molecule has 0 radical (unpaired) electrons. The zero-order valence-electron chi connectivity index (χ0n) is 21.4. The molecule has 40 heavy (non-hydrogen) atoms. The van der Waals surface area contributed by atoms with Crippen molar-refractivity contribution in [2.75, 3.05) is 12.4 Å². The Balaban J connectivity index is 1.26. The van der Waals surface area contributed by atoms with Crippen LogP contribution in [0.3, 0.4) is 0 Å². The van der Waals surface area contributed by atoms with Crippen LogP contribution in [0.15, 0.2) is 85.5 Å². The van der Waals surface area contributed by atoms with Gasteiger partial charge in [-0.1, -0.05) is 24.3 Å². The lowest BCUT2D eigenvalue weighted by Gasteiger charge is -2.09. The van der Waals surface area contributed by atoms with Gasteiger partial charge in [-0.05, 0) is 47.5 Å². The molecule has 0 aliphatic rings. The van der Waals surface area contributed by atoms with Crippen molar-refractivity contribution in [3.63, 3.8) is 0 Å². The van der Waals surface area contributed by atoms with Gasteiger partial charge in [0.1, 0.15) is 23.5 Å². The number of benzene rings is 2. The van der Waals surface area contributed by atoms with Crippen molar-refractivity contribution in [1.29, 1.82) is 0 Å². The first kappa shape index (κ1) is 27.4. The van der Waals surface area contributed by atoms with Gasteiger partial charge in [0, 0.05) is 37.2 Å². The minimum absolute atomic E-state index is 0.0368. The van der Waals surface area contributed by atoms with E-state index >= 15 is 0 Å². The molecule has 0 unspecified atom stereocenters. The molecule has 0 saturated heterocycles. The number of carbonyl (C=O) groups excluding carboxylic acids is 4. The highest BCUT2D eigenvalue weighted by Crippen LogP contribution is 2.13. The molecule has 0 aliphatic heterocycles. The van der Waals surface area contributed by atoms with Crippen molar-refractivity contribution in [2.45, 2.75) is 13.1 Å². The standard InChI is InChI=1S/C28H25N7O5/c1-40-22-6-2-4-19(12-22)15-31-27(38)24-13-23(32-17-33-24)26(37)30-14-18-7-9-21(10-8-18)34-28(39)35-25(36)20-5-3-11-29-16-20/h2-13,16-17H,14-15H2,1H3,(H,30,37)(H,31,38)(H2,34,35,36,39). The van der Waals surface area contributed by atoms with Crippen molar-refractivity contribution < 1.29 is 23.9 Å². The third-order valence-corrected chi connectivity index (χ3v) is 5.54.